The highest BCUT2D eigenvalue weighted by Crippen LogP contribution is 2.29. The van der Waals surface area contributed by atoms with Crippen molar-refractivity contribution in [1.29, 1.82) is 0 Å². The van der Waals surface area contributed by atoms with Gasteiger partial charge in [0, 0.05) is 12.0 Å². The highest BCUT2D eigenvalue weighted by atomic mass is 32.1. The number of fused-ring (bicyclic) bond motifs is 1. The number of benzene rings is 2. The molecule has 21 heavy (non-hydrogen) atoms. The van der Waals surface area contributed by atoms with E-state index in [-0.39, 0.29) is 6.10 Å². The van der Waals surface area contributed by atoms with Gasteiger partial charge in [-0.25, -0.2) is 0 Å². The van der Waals surface area contributed by atoms with Gasteiger partial charge in [0.1, 0.15) is 29.2 Å². The molecule has 0 radical (unpaired) electrons. The summed E-state index contributed by atoms with van der Waals surface area (Å²) >= 11 is 4.92. The molecule has 1 aliphatic rings. The van der Waals surface area contributed by atoms with E-state index in [1.807, 2.05) is 30.3 Å². The van der Waals surface area contributed by atoms with Gasteiger partial charge in [-0.3, -0.25) is 0 Å². The number of hydrogen-bond acceptors (Lipinski definition) is 3. The summed E-state index contributed by atoms with van der Waals surface area (Å²) in [5.74, 6) is 1.77. The van der Waals surface area contributed by atoms with E-state index in [0.717, 1.165) is 23.5 Å². The predicted octanol–water partition coefficient (Wildman–Crippen LogP) is 3.01. The lowest BCUT2D eigenvalue weighted by atomic mass is 10.1. The van der Waals surface area contributed by atoms with Crippen molar-refractivity contribution in [3.8, 4) is 11.5 Å². The van der Waals surface area contributed by atoms with Crippen LogP contribution in [0, 0.1) is 6.92 Å². The predicted molar refractivity (Wildman–Crippen MR) is 87.1 cm³/mol. The first-order valence-corrected chi connectivity index (χ1v) is 7.31. The topological polar surface area (TPSA) is 44.5 Å². The zero-order valence-electron chi connectivity index (χ0n) is 11.8. The molecular formula is C17H17NO2S. The van der Waals surface area contributed by atoms with Gasteiger partial charge in [0.25, 0.3) is 0 Å². The Morgan fingerprint density at radius 2 is 2.05 bits per heavy atom. The van der Waals surface area contributed by atoms with Crippen LogP contribution in [0.25, 0.3) is 0 Å². The third-order valence-electron chi connectivity index (χ3n) is 3.53. The summed E-state index contributed by atoms with van der Waals surface area (Å²) in [5.41, 5.74) is 8.93. The van der Waals surface area contributed by atoms with Crippen molar-refractivity contribution < 1.29 is 9.47 Å². The molecule has 1 atom stereocenters. The lowest BCUT2D eigenvalue weighted by molar-refractivity contribution is 0.148. The molecule has 4 heteroatoms. The molecule has 1 heterocycles. The van der Waals surface area contributed by atoms with Gasteiger partial charge in [-0.15, -0.1) is 0 Å². The van der Waals surface area contributed by atoms with Crippen molar-refractivity contribution in [2.24, 2.45) is 5.73 Å². The molecule has 2 N–H and O–H groups in total. The summed E-state index contributed by atoms with van der Waals surface area (Å²) in [7, 11) is 0. The fourth-order valence-corrected chi connectivity index (χ4v) is 2.58. The number of aryl methyl sites for hydroxylation is 1. The third kappa shape index (κ3) is 3.16. The van der Waals surface area contributed by atoms with Crippen LogP contribution in [-0.4, -0.2) is 17.7 Å². The lowest BCUT2D eigenvalue weighted by Crippen LogP contribution is -2.22. The normalized spacial score (nSPS) is 16.1. The van der Waals surface area contributed by atoms with Gasteiger partial charge in [0.15, 0.2) is 0 Å². The largest absolute Gasteiger partial charge is 0.490 e. The molecule has 0 amide bonds. The summed E-state index contributed by atoms with van der Waals surface area (Å²) in [4.78, 5) is 0.395. The van der Waals surface area contributed by atoms with Crippen molar-refractivity contribution >= 4 is 17.2 Å². The molecule has 0 bridgehead atoms. The first-order valence-electron chi connectivity index (χ1n) is 6.90. The smallest absolute Gasteiger partial charge is 0.137 e. The van der Waals surface area contributed by atoms with Gasteiger partial charge in [0.2, 0.25) is 0 Å². The maximum absolute atomic E-state index is 5.88. The van der Waals surface area contributed by atoms with Crippen molar-refractivity contribution in [2.75, 3.05) is 6.61 Å². The van der Waals surface area contributed by atoms with Crippen molar-refractivity contribution in [1.82, 2.24) is 0 Å². The van der Waals surface area contributed by atoms with Gasteiger partial charge in [-0.05, 0) is 42.8 Å². The second-order valence-corrected chi connectivity index (χ2v) is 5.69. The second kappa shape index (κ2) is 5.74. The molecule has 108 valence electrons. The molecule has 0 saturated heterocycles. The monoisotopic (exact) mass is 299 g/mol. The summed E-state index contributed by atoms with van der Waals surface area (Å²) in [6, 6.07) is 13.8. The van der Waals surface area contributed by atoms with Crippen LogP contribution in [0.3, 0.4) is 0 Å². The van der Waals surface area contributed by atoms with Crippen molar-refractivity contribution in [3.05, 3.63) is 59.2 Å². The molecule has 2 aromatic carbocycles. The number of nitrogens with two attached hydrogens (primary N) is 1. The standard InChI is InChI=1S/C17H17NO2S/c1-11-2-7-16-13(8-11)9-15(20-16)10-19-14-5-3-12(4-6-14)17(18)21/h2-8,15H,9-10H2,1H3,(H2,18,21). The number of thiocarbonyl (C=S) groups is 1. The highest BCUT2D eigenvalue weighted by molar-refractivity contribution is 7.80. The van der Waals surface area contributed by atoms with E-state index < -0.39 is 0 Å². The Balaban J connectivity index is 1.58. The fourth-order valence-electron chi connectivity index (χ4n) is 2.45. The molecule has 0 aromatic heterocycles. The molecule has 3 nitrogen and oxygen atoms in total. The van der Waals surface area contributed by atoms with Gasteiger partial charge < -0.3 is 15.2 Å². The number of ether oxygens (including phenoxy) is 2. The molecule has 2 aromatic rings. The van der Waals surface area contributed by atoms with Crippen molar-refractivity contribution in [3.63, 3.8) is 0 Å². The van der Waals surface area contributed by atoms with E-state index in [2.05, 4.69) is 19.1 Å². The molecule has 0 saturated carbocycles. The molecule has 0 spiro atoms. The minimum atomic E-state index is 0.0667. The molecule has 3 rings (SSSR count). The quantitative estimate of drug-likeness (QED) is 0.882. The van der Waals surface area contributed by atoms with E-state index in [4.69, 9.17) is 27.4 Å². The zero-order chi connectivity index (χ0) is 14.8. The van der Waals surface area contributed by atoms with Crippen LogP contribution in [0.5, 0.6) is 11.5 Å². The average molecular weight is 299 g/mol. The Kier molecular flexibility index (Phi) is 3.80. The van der Waals surface area contributed by atoms with Crippen LogP contribution in [0.1, 0.15) is 16.7 Å². The van der Waals surface area contributed by atoms with Gasteiger partial charge >= 0.3 is 0 Å². The van der Waals surface area contributed by atoms with E-state index in [9.17, 15) is 0 Å². The molecule has 1 unspecified atom stereocenters. The van der Waals surface area contributed by atoms with Crippen LogP contribution >= 0.6 is 12.2 Å². The highest BCUT2D eigenvalue weighted by Gasteiger charge is 2.23. The van der Waals surface area contributed by atoms with E-state index in [1.54, 1.807) is 0 Å². The lowest BCUT2D eigenvalue weighted by Gasteiger charge is -2.12. The summed E-state index contributed by atoms with van der Waals surface area (Å²) in [6.07, 6.45) is 0.958. The summed E-state index contributed by atoms with van der Waals surface area (Å²) < 4.78 is 11.7. The van der Waals surface area contributed by atoms with Crippen LogP contribution < -0.4 is 15.2 Å². The van der Waals surface area contributed by atoms with Crippen LogP contribution in [-0.2, 0) is 6.42 Å². The van der Waals surface area contributed by atoms with Crippen molar-refractivity contribution in [2.45, 2.75) is 19.4 Å². The molecule has 0 aliphatic carbocycles. The second-order valence-electron chi connectivity index (χ2n) is 5.25. The van der Waals surface area contributed by atoms with Crippen LogP contribution in [0.4, 0.5) is 0 Å². The number of hydrogen-bond donors (Lipinski definition) is 1. The SMILES string of the molecule is Cc1ccc2c(c1)CC(COc1ccc(C(N)=S)cc1)O2. The minimum absolute atomic E-state index is 0.0667. The van der Waals surface area contributed by atoms with Gasteiger partial charge in [0.05, 0.1) is 0 Å². The summed E-state index contributed by atoms with van der Waals surface area (Å²) in [6.45, 7) is 2.62. The van der Waals surface area contributed by atoms with Crippen LogP contribution in [0.2, 0.25) is 0 Å². The Morgan fingerprint density at radius 1 is 1.29 bits per heavy atom. The third-order valence-corrected chi connectivity index (χ3v) is 3.77. The van der Waals surface area contributed by atoms with Crippen LogP contribution in [0.15, 0.2) is 42.5 Å². The Morgan fingerprint density at radius 3 is 2.76 bits per heavy atom. The van der Waals surface area contributed by atoms with E-state index in [0.29, 0.717) is 11.6 Å². The minimum Gasteiger partial charge on any atom is -0.490 e. The Hall–Kier alpha value is -2.07. The molecule has 0 fully saturated rings. The number of rotatable bonds is 4. The Bertz CT molecular complexity index is 667. The maximum atomic E-state index is 5.88. The maximum Gasteiger partial charge on any atom is 0.137 e. The van der Waals surface area contributed by atoms with E-state index in [1.165, 1.54) is 11.1 Å². The van der Waals surface area contributed by atoms with Gasteiger partial charge in [-0.1, -0.05) is 29.9 Å². The first kappa shape index (κ1) is 13.9. The average Bonchev–Trinajstić information content (AvgIpc) is 2.87. The Labute approximate surface area is 129 Å². The zero-order valence-corrected chi connectivity index (χ0v) is 12.7. The first-order chi connectivity index (χ1) is 10.1. The molecular weight excluding hydrogens is 282 g/mol. The summed E-state index contributed by atoms with van der Waals surface area (Å²) in [5, 5.41) is 0. The fraction of sp³-hybridized carbons (Fsp3) is 0.235. The van der Waals surface area contributed by atoms with E-state index >= 15 is 0 Å². The molecule has 1 aliphatic heterocycles. The van der Waals surface area contributed by atoms with Gasteiger partial charge in [-0.2, -0.15) is 0 Å².